The maximum absolute atomic E-state index is 11.9. The summed E-state index contributed by atoms with van der Waals surface area (Å²) >= 11 is 0. The summed E-state index contributed by atoms with van der Waals surface area (Å²) in [5.74, 6) is 0.00314. The number of esters is 1. The van der Waals surface area contributed by atoms with E-state index in [1.54, 1.807) is 11.1 Å². The number of hydrogen-bond donors (Lipinski definition) is 1. The van der Waals surface area contributed by atoms with Gasteiger partial charge in [-0.2, -0.15) is 0 Å². The summed E-state index contributed by atoms with van der Waals surface area (Å²) in [5.41, 5.74) is 3.17. The van der Waals surface area contributed by atoms with Crippen molar-refractivity contribution in [3.8, 4) is 0 Å². The molecule has 0 spiro atoms. The van der Waals surface area contributed by atoms with Crippen molar-refractivity contribution in [1.29, 1.82) is 0 Å². The van der Waals surface area contributed by atoms with Crippen LogP contribution in [0.15, 0.2) is 11.1 Å². The average Bonchev–Trinajstić information content (AvgIpc) is 2.56. The van der Waals surface area contributed by atoms with E-state index in [-0.39, 0.29) is 18.2 Å². The molecule has 0 heterocycles. The molecule has 0 saturated heterocycles. The highest BCUT2D eigenvalue weighted by atomic mass is 16.5. The fourth-order valence-electron chi connectivity index (χ4n) is 3.83. The van der Waals surface area contributed by atoms with Gasteiger partial charge in [-0.05, 0) is 57.8 Å². The van der Waals surface area contributed by atoms with Gasteiger partial charge in [-0.15, -0.1) is 0 Å². The largest absolute Gasteiger partial charge is 0.462 e. The Balaban J connectivity index is 1.62. The van der Waals surface area contributed by atoms with E-state index in [2.05, 4.69) is 6.92 Å². The SMILES string of the molecule is CCCCCCCC(=O)OC1CCC(=C2CCC(O)CC2)CC1. The lowest BCUT2D eigenvalue weighted by Crippen LogP contribution is -2.23. The minimum absolute atomic E-state index is 0.00314. The number of hydrogen-bond acceptors (Lipinski definition) is 3. The minimum atomic E-state index is -0.0889. The van der Waals surface area contributed by atoms with E-state index in [4.69, 9.17) is 4.74 Å². The summed E-state index contributed by atoms with van der Waals surface area (Å²) in [4.78, 5) is 11.9. The number of aliphatic hydroxyl groups is 1. The number of rotatable bonds is 7. The topological polar surface area (TPSA) is 46.5 Å². The molecule has 3 heteroatoms. The summed E-state index contributed by atoms with van der Waals surface area (Å²) in [7, 11) is 0. The molecule has 0 aromatic heterocycles. The Labute approximate surface area is 141 Å². The van der Waals surface area contributed by atoms with Gasteiger partial charge in [0, 0.05) is 6.42 Å². The number of ether oxygens (including phenoxy) is 1. The van der Waals surface area contributed by atoms with Crippen molar-refractivity contribution in [3.63, 3.8) is 0 Å². The summed E-state index contributed by atoms with van der Waals surface area (Å²) in [6.45, 7) is 2.20. The van der Waals surface area contributed by atoms with Crippen LogP contribution in [0.5, 0.6) is 0 Å². The van der Waals surface area contributed by atoms with Crippen molar-refractivity contribution in [2.24, 2.45) is 0 Å². The summed E-state index contributed by atoms with van der Waals surface area (Å²) < 4.78 is 5.65. The monoisotopic (exact) mass is 322 g/mol. The fraction of sp³-hybridized carbons (Fsp3) is 0.850. The first kappa shape index (κ1) is 18.5. The standard InChI is InChI=1S/C20H34O3/c1-2-3-4-5-6-7-20(22)23-19-14-10-17(11-15-19)16-8-12-18(21)13-9-16/h18-19,21H,2-15H2,1H3. The quantitative estimate of drug-likeness (QED) is 0.404. The second kappa shape index (κ2) is 10.1. The Morgan fingerprint density at radius 3 is 2.13 bits per heavy atom. The Morgan fingerprint density at radius 1 is 0.957 bits per heavy atom. The van der Waals surface area contributed by atoms with Crippen molar-refractivity contribution in [2.75, 3.05) is 0 Å². The zero-order chi connectivity index (χ0) is 16.5. The van der Waals surface area contributed by atoms with Crippen LogP contribution in [0, 0.1) is 0 Å². The van der Waals surface area contributed by atoms with Gasteiger partial charge in [0.05, 0.1) is 6.10 Å². The van der Waals surface area contributed by atoms with E-state index in [0.29, 0.717) is 6.42 Å². The molecule has 2 rings (SSSR count). The minimum Gasteiger partial charge on any atom is -0.462 e. The molecular formula is C20H34O3. The highest BCUT2D eigenvalue weighted by Gasteiger charge is 2.23. The Kier molecular flexibility index (Phi) is 8.14. The molecule has 3 nitrogen and oxygen atoms in total. The van der Waals surface area contributed by atoms with Gasteiger partial charge in [-0.25, -0.2) is 0 Å². The third-order valence-corrected chi connectivity index (χ3v) is 5.38. The van der Waals surface area contributed by atoms with Gasteiger partial charge in [0.2, 0.25) is 0 Å². The second-order valence-electron chi connectivity index (χ2n) is 7.29. The molecule has 0 bridgehead atoms. The zero-order valence-corrected chi connectivity index (χ0v) is 14.8. The molecule has 0 aromatic rings. The molecule has 0 aliphatic heterocycles. The molecule has 0 aromatic carbocycles. The number of aliphatic hydroxyl groups excluding tert-OH is 1. The lowest BCUT2D eigenvalue weighted by molar-refractivity contribution is -0.150. The van der Waals surface area contributed by atoms with Crippen LogP contribution in [0.2, 0.25) is 0 Å². The molecule has 0 radical (unpaired) electrons. The van der Waals surface area contributed by atoms with E-state index in [9.17, 15) is 9.90 Å². The lowest BCUT2D eigenvalue weighted by atomic mass is 9.82. The molecule has 2 aliphatic carbocycles. The molecule has 0 atom stereocenters. The van der Waals surface area contributed by atoms with Crippen LogP contribution in [0.1, 0.15) is 96.8 Å². The van der Waals surface area contributed by atoms with Gasteiger partial charge in [0.15, 0.2) is 0 Å². The highest BCUT2D eigenvalue weighted by Crippen LogP contribution is 2.34. The summed E-state index contributed by atoms with van der Waals surface area (Å²) in [5, 5.41) is 9.60. The molecule has 0 unspecified atom stereocenters. The van der Waals surface area contributed by atoms with Gasteiger partial charge in [-0.1, -0.05) is 43.8 Å². The maximum Gasteiger partial charge on any atom is 0.306 e. The summed E-state index contributed by atoms with van der Waals surface area (Å²) in [6.07, 6.45) is 14.6. The van der Waals surface area contributed by atoms with Gasteiger partial charge < -0.3 is 9.84 Å². The van der Waals surface area contributed by atoms with Crippen molar-refractivity contribution in [2.45, 2.75) is 109 Å². The first-order chi connectivity index (χ1) is 11.2. The summed E-state index contributed by atoms with van der Waals surface area (Å²) in [6, 6.07) is 0. The zero-order valence-electron chi connectivity index (χ0n) is 14.8. The third-order valence-electron chi connectivity index (χ3n) is 5.38. The van der Waals surface area contributed by atoms with E-state index >= 15 is 0 Å². The van der Waals surface area contributed by atoms with Crippen molar-refractivity contribution in [3.05, 3.63) is 11.1 Å². The molecular weight excluding hydrogens is 288 g/mol. The Hall–Kier alpha value is -0.830. The molecule has 2 fully saturated rings. The van der Waals surface area contributed by atoms with E-state index < -0.39 is 0 Å². The first-order valence-electron chi connectivity index (χ1n) is 9.76. The van der Waals surface area contributed by atoms with Gasteiger partial charge in [0.25, 0.3) is 0 Å². The lowest BCUT2D eigenvalue weighted by Gasteiger charge is -2.28. The normalized spacial score (nSPS) is 25.5. The molecule has 0 amide bonds. The van der Waals surface area contributed by atoms with Crippen LogP contribution >= 0.6 is 0 Å². The predicted octanol–water partition coefficient (Wildman–Crippen LogP) is 5.06. The second-order valence-corrected chi connectivity index (χ2v) is 7.29. The smallest absolute Gasteiger partial charge is 0.306 e. The van der Waals surface area contributed by atoms with Crippen LogP contribution in [-0.4, -0.2) is 23.3 Å². The van der Waals surface area contributed by atoms with Crippen LogP contribution in [0.25, 0.3) is 0 Å². The van der Waals surface area contributed by atoms with Gasteiger partial charge >= 0.3 is 5.97 Å². The first-order valence-corrected chi connectivity index (χ1v) is 9.76. The number of carbonyl (C=O) groups is 1. The van der Waals surface area contributed by atoms with Gasteiger partial charge in [0.1, 0.15) is 6.10 Å². The van der Waals surface area contributed by atoms with Crippen LogP contribution in [-0.2, 0) is 9.53 Å². The van der Waals surface area contributed by atoms with Crippen LogP contribution in [0.4, 0.5) is 0 Å². The van der Waals surface area contributed by atoms with E-state index in [1.807, 2.05) is 0 Å². The van der Waals surface area contributed by atoms with Crippen LogP contribution in [0.3, 0.4) is 0 Å². The van der Waals surface area contributed by atoms with Crippen molar-refractivity contribution >= 4 is 5.97 Å². The number of carbonyl (C=O) groups excluding carboxylic acids is 1. The van der Waals surface area contributed by atoms with Crippen molar-refractivity contribution < 1.29 is 14.6 Å². The molecule has 2 saturated carbocycles. The van der Waals surface area contributed by atoms with Crippen LogP contribution < -0.4 is 0 Å². The van der Waals surface area contributed by atoms with Crippen molar-refractivity contribution in [1.82, 2.24) is 0 Å². The number of unbranched alkanes of at least 4 members (excludes halogenated alkanes) is 4. The number of allylic oxidation sites excluding steroid dienone is 2. The molecule has 1 N–H and O–H groups in total. The average molecular weight is 322 g/mol. The fourth-order valence-corrected chi connectivity index (χ4v) is 3.83. The molecule has 23 heavy (non-hydrogen) atoms. The maximum atomic E-state index is 11.9. The Morgan fingerprint density at radius 2 is 1.52 bits per heavy atom. The third kappa shape index (κ3) is 6.66. The molecule has 132 valence electrons. The predicted molar refractivity (Wildman–Crippen MR) is 93.2 cm³/mol. The van der Waals surface area contributed by atoms with E-state index in [0.717, 1.165) is 64.2 Å². The highest BCUT2D eigenvalue weighted by molar-refractivity contribution is 5.69. The van der Waals surface area contributed by atoms with Gasteiger partial charge in [-0.3, -0.25) is 4.79 Å². The molecule has 2 aliphatic rings. The van der Waals surface area contributed by atoms with E-state index in [1.165, 1.54) is 19.3 Å². The Bertz CT molecular complexity index is 380.